The van der Waals surface area contributed by atoms with E-state index in [1.165, 1.54) is 23.9 Å². The van der Waals surface area contributed by atoms with Gasteiger partial charge in [0.25, 0.3) is 0 Å². The highest BCUT2D eigenvalue weighted by Crippen LogP contribution is 2.30. The van der Waals surface area contributed by atoms with Crippen molar-refractivity contribution in [3.63, 3.8) is 0 Å². The second-order valence-corrected chi connectivity index (χ2v) is 8.26. The summed E-state index contributed by atoms with van der Waals surface area (Å²) in [7, 11) is 0. The van der Waals surface area contributed by atoms with E-state index in [-0.39, 0.29) is 17.5 Å². The number of carbonyl (C=O) groups is 1. The van der Waals surface area contributed by atoms with E-state index in [0.29, 0.717) is 16.7 Å². The number of amides is 1. The molecule has 6 nitrogen and oxygen atoms in total. The number of benzene rings is 2. The van der Waals surface area contributed by atoms with Gasteiger partial charge < -0.3 is 9.84 Å². The Bertz CT molecular complexity index is 1170. The van der Waals surface area contributed by atoms with Crippen LogP contribution in [0.2, 0.25) is 0 Å². The van der Waals surface area contributed by atoms with Crippen molar-refractivity contribution in [2.24, 2.45) is 0 Å². The minimum Gasteiger partial charge on any atom is -0.360 e. The van der Waals surface area contributed by atoms with Crippen molar-refractivity contribution < 1.29 is 13.7 Å². The average molecular weight is 487 g/mol. The molecule has 0 saturated carbocycles. The molecular weight excluding hydrogens is 471 g/mol. The minimum absolute atomic E-state index is 0.129. The average Bonchev–Trinajstić information content (AvgIpc) is 3.34. The molecule has 1 N–H and O–H groups in total. The standard InChI is InChI=1S/C21H16BrFN4O2S/c1-13-10-19(26-29-13)25-20(28)12-30-21-24-11-18(14-2-4-15(22)5-3-14)27(21)17-8-6-16(23)7-9-17/h2-11H,12H2,1H3,(H,25,26,28). The molecule has 2 aromatic heterocycles. The summed E-state index contributed by atoms with van der Waals surface area (Å²) in [6.07, 6.45) is 1.74. The van der Waals surface area contributed by atoms with E-state index in [1.807, 2.05) is 28.8 Å². The number of rotatable bonds is 6. The van der Waals surface area contributed by atoms with Crippen molar-refractivity contribution in [1.82, 2.24) is 14.7 Å². The Morgan fingerprint density at radius 3 is 2.60 bits per heavy atom. The molecule has 4 aromatic rings. The third kappa shape index (κ3) is 4.63. The van der Waals surface area contributed by atoms with E-state index in [9.17, 15) is 9.18 Å². The fraction of sp³-hybridized carbons (Fsp3) is 0.0952. The normalized spacial score (nSPS) is 10.9. The van der Waals surface area contributed by atoms with Crippen molar-refractivity contribution in [1.29, 1.82) is 0 Å². The number of nitrogens with zero attached hydrogens (tertiary/aromatic N) is 3. The molecule has 0 saturated heterocycles. The van der Waals surface area contributed by atoms with Gasteiger partial charge in [-0.15, -0.1) is 0 Å². The molecule has 0 unspecified atom stereocenters. The lowest BCUT2D eigenvalue weighted by atomic mass is 10.1. The largest absolute Gasteiger partial charge is 0.360 e. The molecule has 30 heavy (non-hydrogen) atoms. The second kappa shape index (κ2) is 8.85. The molecule has 0 bridgehead atoms. The molecule has 152 valence electrons. The molecule has 2 heterocycles. The highest BCUT2D eigenvalue weighted by Gasteiger charge is 2.16. The number of aromatic nitrogens is 3. The van der Waals surface area contributed by atoms with Crippen molar-refractivity contribution in [3.05, 3.63) is 76.8 Å². The monoisotopic (exact) mass is 486 g/mol. The number of nitrogens with one attached hydrogen (secondary N) is 1. The van der Waals surface area contributed by atoms with Crippen LogP contribution >= 0.6 is 27.7 Å². The Hall–Kier alpha value is -2.91. The first-order valence-electron chi connectivity index (χ1n) is 8.95. The van der Waals surface area contributed by atoms with Crippen molar-refractivity contribution in [3.8, 4) is 16.9 Å². The van der Waals surface area contributed by atoms with Crippen LogP contribution in [0.5, 0.6) is 0 Å². The number of hydrogen-bond acceptors (Lipinski definition) is 5. The SMILES string of the molecule is Cc1cc(NC(=O)CSc2ncc(-c3ccc(Br)cc3)n2-c2ccc(F)cc2)no1. The molecule has 0 fully saturated rings. The van der Waals surface area contributed by atoms with Crippen LogP contribution in [0.3, 0.4) is 0 Å². The van der Waals surface area contributed by atoms with Crippen LogP contribution in [0.1, 0.15) is 5.76 Å². The molecule has 2 aromatic carbocycles. The van der Waals surface area contributed by atoms with Gasteiger partial charge in [-0.25, -0.2) is 9.37 Å². The molecular formula is C21H16BrFN4O2S. The van der Waals surface area contributed by atoms with E-state index in [4.69, 9.17) is 4.52 Å². The highest BCUT2D eigenvalue weighted by molar-refractivity contribution is 9.10. The van der Waals surface area contributed by atoms with E-state index < -0.39 is 0 Å². The first-order chi connectivity index (χ1) is 14.5. The fourth-order valence-corrected chi connectivity index (χ4v) is 3.89. The summed E-state index contributed by atoms with van der Waals surface area (Å²) >= 11 is 4.72. The van der Waals surface area contributed by atoms with Gasteiger partial charge in [0.15, 0.2) is 11.0 Å². The molecule has 0 atom stereocenters. The Morgan fingerprint density at radius 2 is 1.93 bits per heavy atom. The number of halogens is 2. The Labute approximate surface area is 184 Å². The highest BCUT2D eigenvalue weighted by atomic mass is 79.9. The number of hydrogen-bond donors (Lipinski definition) is 1. The summed E-state index contributed by atoms with van der Waals surface area (Å²) in [4.78, 5) is 16.8. The van der Waals surface area contributed by atoms with Gasteiger partial charge in [0, 0.05) is 21.8 Å². The predicted octanol–water partition coefficient (Wildman–Crippen LogP) is 5.47. The van der Waals surface area contributed by atoms with Crippen LogP contribution in [0.4, 0.5) is 10.2 Å². The third-order valence-electron chi connectivity index (χ3n) is 4.18. The minimum atomic E-state index is -0.319. The summed E-state index contributed by atoms with van der Waals surface area (Å²) < 4.78 is 21.3. The van der Waals surface area contributed by atoms with Gasteiger partial charge in [-0.1, -0.05) is 45.0 Å². The topological polar surface area (TPSA) is 73.0 Å². The van der Waals surface area contributed by atoms with Crippen molar-refractivity contribution >= 4 is 39.4 Å². The van der Waals surface area contributed by atoms with Crippen molar-refractivity contribution in [2.75, 3.05) is 11.1 Å². The van der Waals surface area contributed by atoms with Crippen molar-refractivity contribution in [2.45, 2.75) is 12.1 Å². The Kier molecular flexibility index (Phi) is 6.01. The smallest absolute Gasteiger partial charge is 0.236 e. The Morgan fingerprint density at radius 1 is 1.20 bits per heavy atom. The maximum absolute atomic E-state index is 13.5. The van der Waals surface area contributed by atoms with Crippen LogP contribution in [0.25, 0.3) is 16.9 Å². The molecule has 4 rings (SSSR count). The zero-order chi connectivity index (χ0) is 21.1. The summed E-state index contributed by atoms with van der Waals surface area (Å²) in [6, 6.07) is 15.6. The van der Waals surface area contributed by atoms with Gasteiger partial charge in [-0.2, -0.15) is 0 Å². The first-order valence-corrected chi connectivity index (χ1v) is 10.7. The molecule has 1 amide bonds. The lowest BCUT2D eigenvalue weighted by molar-refractivity contribution is -0.113. The van der Waals surface area contributed by atoms with E-state index in [0.717, 1.165) is 21.4 Å². The second-order valence-electron chi connectivity index (χ2n) is 6.40. The number of aryl methyl sites for hydroxylation is 1. The lowest BCUT2D eigenvalue weighted by Gasteiger charge is -2.12. The quantitative estimate of drug-likeness (QED) is 0.366. The van der Waals surface area contributed by atoms with Crippen LogP contribution in [0.15, 0.2) is 74.9 Å². The maximum Gasteiger partial charge on any atom is 0.236 e. The van der Waals surface area contributed by atoms with Gasteiger partial charge in [0.1, 0.15) is 11.6 Å². The van der Waals surface area contributed by atoms with Crippen LogP contribution < -0.4 is 5.32 Å². The summed E-state index contributed by atoms with van der Waals surface area (Å²) in [5.41, 5.74) is 2.54. The summed E-state index contributed by atoms with van der Waals surface area (Å²) in [5, 5.41) is 7.06. The fourth-order valence-electron chi connectivity index (χ4n) is 2.84. The van der Waals surface area contributed by atoms with Gasteiger partial charge in [-0.05, 0) is 43.3 Å². The number of carbonyl (C=O) groups excluding carboxylic acids is 1. The molecule has 0 spiro atoms. The first kappa shape index (κ1) is 20.4. The number of anilines is 1. The molecule has 0 aliphatic heterocycles. The molecule has 9 heteroatoms. The molecule has 0 aliphatic rings. The zero-order valence-electron chi connectivity index (χ0n) is 15.8. The van der Waals surface area contributed by atoms with E-state index in [1.54, 1.807) is 31.3 Å². The summed E-state index contributed by atoms with van der Waals surface area (Å²) in [5.74, 6) is 0.566. The zero-order valence-corrected chi connectivity index (χ0v) is 18.2. The number of thioether (sulfide) groups is 1. The van der Waals surface area contributed by atoms with Gasteiger partial charge in [0.05, 0.1) is 17.6 Å². The van der Waals surface area contributed by atoms with Crippen LogP contribution in [-0.4, -0.2) is 26.4 Å². The van der Waals surface area contributed by atoms with Gasteiger partial charge in [-0.3, -0.25) is 9.36 Å². The Balaban J connectivity index is 1.61. The molecule has 0 aliphatic carbocycles. The summed E-state index contributed by atoms with van der Waals surface area (Å²) in [6.45, 7) is 1.75. The van der Waals surface area contributed by atoms with E-state index in [2.05, 4.69) is 31.4 Å². The van der Waals surface area contributed by atoms with E-state index >= 15 is 0 Å². The number of imidazole rings is 1. The van der Waals surface area contributed by atoms with Crippen LogP contribution in [-0.2, 0) is 4.79 Å². The molecule has 0 radical (unpaired) electrons. The lowest BCUT2D eigenvalue weighted by Crippen LogP contribution is -2.14. The third-order valence-corrected chi connectivity index (χ3v) is 5.66. The van der Waals surface area contributed by atoms with Crippen LogP contribution in [0, 0.1) is 12.7 Å². The predicted molar refractivity (Wildman–Crippen MR) is 117 cm³/mol. The van der Waals surface area contributed by atoms with Gasteiger partial charge in [0.2, 0.25) is 5.91 Å². The van der Waals surface area contributed by atoms with Gasteiger partial charge >= 0.3 is 0 Å². The maximum atomic E-state index is 13.5.